The largest absolute Gasteiger partial charge is 0.480 e. The maximum Gasteiger partial charge on any atom is 0.326 e. The Morgan fingerprint density at radius 2 is 1.41 bits per heavy atom. The summed E-state index contributed by atoms with van der Waals surface area (Å²) in [6, 6.07) is 23.9. The SMILES string of the molecule is O=C(N[C@@H](Cc1ccccc1I)C(=O)O)c1c2ccccc2cc2ccccc12. The zero-order valence-electron chi connectivity index (χ0n) is 15.4. The van der Waals surface area contributed by atoms with Gasteiger partial charge in [-0.3, -0.25) is 4.79 Å². The molecule has 1 atom stereocenters. The molecule has 0 aliphatic rings. The summed E-state index contributed by atoms with van der Waals surface area (Å²) in [4.78, 5) is 25.2. The Balaban J connectivity index is 1.75. The lowest BCUT2D eigenvalue weighted by molar-refractivity contribution is -0.139. The van der Waals surface area contributed by atoms with E-state index in [9.17, 15) is 14.7 Å². The maximum absolute atomic E-state index is 13.3. The third kappa shape index (κ3) is 3.96. The number of hydrogen-bond acceptors (Lipinski definition) is 2. The standard InChI is InChI=1S/C24H18INO3/c25-20-12-6-3-9-17(20)14-21(24(28)29)26-23(27)22-18-10-4-1-7-15(18)13-16-8-2-5-11-19(16)22/h1-13,21H,14H2,(H,26,27)(H,28,29)/t21-/m0/s1. The van der Waals surface area contributed by atoms with Crippen molar-refractivity contribution in [2.75, 3.05) is 0 Å². The number of hydrogen-bond donors (Lipinski definition) is 2. The molecule has 0 saturated carbocycles. The van der Waals surface area contributed by atoms with Crippen molar-refractivity contribution in [3.8, 4) is 0 Å². The molecule has 5 heteroatoms. The van der Waals surface area contributed by atoms with E-state index in [0.29, 0.717) is 5.56 Å². The summed E-state index contributed by atoms with van der Waals surface area (Å²) in [5, 5.41) is 16.0. The fraction of sp³-hybridized carbons (Fsp3) is 0.0833. The van der Waals surface area contributed by atoms with Crippen molar-refractivity contribution < 1.29 is 14.7 Å². The lowest BCUT2D eigenvalue weighted by Gasteiger charge is -2.17. The smallest absolute Gasteiger partial charge is 0.326 e. The van der Waals surface area contributed by atoms with Crippen LogP contribution in [-0.4, -0.2) is 23.0 Å². The summed E-state index contributed by atoms with van der Waals surface area (Å²) < 4.78 is 0.973. The van der Waals surface area contributed by atoms with Crippen molar-refractivity contribution in [3.63, 3.8) is 0 Å². The number of aliphatic carboxylic acids is 1. The molecule has 0 aliphatic heterocycles. The molecule has 0 unspecified atom stereocenters. The van der Waals surface area contributed by atoms with Gasteiger partial charge in [0.25, 0.3) is 5.91 Å². The Morgan fingerprint density at radius 3 is 2.00 bits per heavy atom. The van der Waals surface area contributed by atoms with Crippen molar-refractivity contribution >= 4 is 56.0 Å². The Kier molecular flexibility index (Phi) is 5.49. The molecule has 0 saturated heterocycles. The summed E-state index contributed by atoms with van der Waals surface area (Å²) in [6.07, 6.45) is 0.225. The number of carboxylic acid groups (broad SMARTS) is 1. The minimum absolute atomic E-state index is 0.225. The second kappa shape index (κ2) is 8.21. The van der Waals surface area contributed by atoms with E-state index in [4.69, 9.17) is 0 Å². The van der Waals surface area contributed by atoms with E-state index < -0.39 is 12.0 Å². The molecule has 0 bridgehead atoms. The molecule has 4 aromatic carbocycles. The van der Waals surface area contributed by atoms with Crippen molar-refractivity contribution in [1.29, 1.82) is 0 Å². The molecule has 4 aromatic rings. The van der Waals surface area contributed by atoms with Crippen LogP contribution in [0.5, 0.6) is 0 Å². The summed E-state index contributed by atoms with van der Waals surface area (Å²) in [5.41, 5.74) is 1.40. The number of benzene rings is 4. The van der Waals surface area contributed by atoms with Crippen LogP contribution in [0.3, 0.4) is 0 Å². The predicted octanol–water partition coefficient (Wildman–Crippen LogP) is 5.02. The summed E-state index contributed by atoms with van der Waals surface area (Å²) in [5.74, 6) is -1.43. The fourth-order valence-electron chi connectivity index (χ4n) is 3.57. The maximum atomic E-state index is 13.3. The van der Waals surface area contributed by atoms with Gasteiger partial charge >= 0.3 is 5.97 Å². The van der Waals surface area contributed by atoms with Crippen molar-refractivity contribution in [2.24, 2.45) is 0 Å². The van der Waals surface area contributed by atoms with Crippen LogP contribution in [0.15, 0.2) is 78.9 Å². The molecule has 0 heterocycles. The van der Waals surface area contributed by atoms with Crippen molar-refractivity contribution in [3.05, 3.63) is 93.6 Å². The average Bonchev–Trinajstić information content (AvgIpc) is 2.72. The topological polar surface area (TPSA) is 66.4 Å². The van der Waals surface area contributed by atoms with E-state index in [1.165, 1.54) is 0 Å². The summed E-state index contributed by atoms with van der Waals surface area (Å²) >= 11 is 2.18. The highest BCUT2D eigenvalue weighted by Crippen LogP contribution is 2.28. The van der Waals surface area contributed by atoms with Crippen LogP contribution in [0, 0.1) is 3.57 Å². The van der Waals surface area contributed by atoms with E-state index in [-0.39, 0.29) is 12.3 Å². The van der Waals surface area contributed by atoms with E-state index in [1.54, 1.807) is 0 Å². The lowest BCUT2D eigenvalue weighted by Crippen LogP contribution is -2.42. The zero-order chi connectivity index (χ0) is 20.4. The summed E-state index contributed by atoms with van der Waals surface area (Å²) in [6.45, 7) is 0. The minimum atomic E-state index is -1.05. The Labute approximate surface area is 181 Å². The Bertz CT molecular complexity index is 1180. The number of fused-ring (bicyclic) bond motifs is 2. The minimum Gasteiger partial charge on any atom is -0.480 e. The molecule has 0 aliphatic carbocycles. The molecule has 0 aromatic heterocycles. The molecule has 0 fully saturated rings. The van der Waals surface area contributed by atoms with Gasteiger partial charge in [-0.25, -0.2) is 4.79 Å². The second-order valence-electron chi connectivity index (χ2n) is 6.85. The number of amides is 1. The van der Waals surface area contributed by atoms with Gasteiger partial charge in [0.15, 0.2) is 0 Å². The van der Waals surface area contributed by atoms with E-state index >= 15 is 0 Å². The number of carbonyl (C=O) groups excluding carboxylic acids is 1. The highest BCUT2D eigenvalue weighted by molar-refractivity contribution is 14.1. The van der Waals surface area contributed by atoms with Gasteiger partial charge in [0, 0.05) is 9.99 Å². The fourth-order valence-corrected chi connectivity index (χ4v) is 4.18. The second-order valence-corrected chi connectivity index (χ2v) is 8.02. The molecule has 0 spiro atoms. The normalized spacial score (nSPS) is 12.0. The zero-order valence-corrected chi connectivity index (χ0v) is 17.6. The number of carboxylic acids is 1. The van der Waals surface area contributed by atoms with Gasteiger partial charge in [0.1, 0.15) is 6.04 Å². The van der Waals surface area contributed by atoms with Gasteiger partial charge in [-0.05, 0) is 61.8 Å². The molecule has 144 valence electrons. The Hall–Kier alpha value is -2.93. The third-order valence-corrected chi connectivity index (χ3v) is 6.04. The molecule has 1 amide bonds. The number of rotatable bonds is 5. The molecule has 0 radical (unpaired) electrons. The molecule has 4 rings (SSSR count). The monoisotopic (exact) mass is 495 g/mol. The van der Waals surface area contributed by atoms with Crippen LogP contribution in [0.1, 0.15) is 15.9 Å². The van der Waals surface area contributed by atoms with E-state index in [2.05, 4.69) is 27.9 Å². The molecular weight excluding hydrogens is 477 g/mol. The van der Waals surface area contributed by atoms with Crippen LogP contribution < -0.4 is 5.32 Å². The lowest BCUT2D eigenvalue weighted by atomic mass is 9.96. The molecule has 29 heavy (non-hydrogen) atoms. The van der Waals surface area contributed by atoms with E-state index in [1.807, 2.05) is 78.9 Å². The first kappa shape index (κ1) is 19.4. The van der Waals surface area contributed by atoms with Gasteiger partial charge in [0.05, 0.1) is 5.56 Å². The third-order valence-electron chi connectivity index (χ3n) is 4.98. The van der Waals surface area contributed by atoms with E-state index in [0.717, 1.165) is 30.7 Å². The quantitative estimate of drug-likeness (QED) is 0.302. The van der Waals surface area contributed by atoms with Gasteiger partial charge in [-0.2, -0.15) is 0 Å². The van der Waals surface area contributed by atoms with Crippen molar-refractivity contribution in [1.82, 2.24) is 5.32 Å². The highest BCUT2D eigenvalue weighted by atomic mass is 127. The van der Waals surface area contributed by atoms with Crippen molar-refractivity contribution in [2.45, 2.75) is 12.5 Å². The number of nitrogens with one attached hydrogen (secondary N) is 1. The molecule has 4 nitrogen and oxygen atoms in total. The predicted molar refractivity (Wildman–Crippen MR) is 123 cm³/mol. The first-order valence-corrected chi connectivity index (χ1v) is 10.3. The first-order valence-electron chi connectivity index (χ1n) is 9.22. The highest BCUT2D eigenvalue weighted by Gasteiger charge is 2.24. The van der Waals surface area contributed by atoms with Gasteiger partial charge in [-0.15, -0.1) is 0 Å². The van der Waals surface area contributed by atoms with Gasteiger partial charge in [-0.1, -0.05) is 66.7 Å². The van der Waals surface area contributed by atoms with Crippen LogP contribution >= 0.6 is 22.6 Å². The van der Waals surface area contributed by atoms with Gasteiger partial charge < -0.3 is 10.4 Å². The van der Waals surface area contributed by atoms with Crippen LogP contribution in [0.4, 0.5) is 0 Å². The molecular formula is C24H18INO3. The first-order chi connectivity index (χ1) is 14.0. The Morgan fingerprint density at radius 1 is 0.862 bits per heavy atom. The van der Waals surface area contributed by atoms with Crippen LogP contribution in [-0.2, 0) is 11.2 Å². The molecule has 2 N–H and O–H groups in total. The van der Waals surface area contributed by atoms with Crippen LogP contribution in [0.2, 0.25) is 0 Å². The number of halogens is 1. The van der Waals surface area contributed by atoms with Gasteiger partial charge in [0.2, 0.25) is 0 Å². The average molecular weight is 495 g/mol. The number of carbonyl (C=O) groups is 2. The van der Waals surface area contributed by atoms with Crippen LogP contribution in [0.25, 0.3) is 21.5 Å². The summed E-state index contributed by atoms with van der Waals surface area (Å²) in [7, 11) is 0.